The van der Waals surface area contributed by atoms with E-state index in [1.54, 1.807) is 0 Å². The number of ether oxygens (including phenoxy) is 1. The highest BCUT2D eigenvalue weighted by atomic mass is 16.5. The summed E-state index contributed by atoms with van der Waals surface area (Å²) in [6.07, 6.45) is 2.34. The largest absolute Gasteiger partial charge is 0.469 e. The first-order valence-corrected chi connectivity index (χ1v) is 7.65. The number of nitrogens with one attached hydrogen (secondary N) is 1. The van der Waals surface area contributed by atoms with Crippen LogP contribution in [0.4, 0.5) is 0 Å². The molecule has 2 aromatic rings. The van der Waals surface area contributed by atoms with Crippen molar-refractivity contribution in [2.45, 2.75) is 32.2 Å². The van der Waals surface area contributed by atoms with Gasteiger partial charge in [0.2, 0.25) is 0 Å². The molecule has 0 amide bonds. The van der Waals surface area contributed by atoms with E-state index in [9.17, 15) is 4.79 Å². The van der Waals surface area contributed by atoms with Crippen molar-refractivity contribution in [3.8, 4) is 0 Å². The zero-order valence-electron chi connectivity index (χ0n) is 12.7. The maximum absolute atomic E-state index is 11.5. The molecule has 1 aromatic heterocycles. The number of para-hydroxylation sites is 1. The van der Waals surface area contributed by atoms with E-state index in [0.717, 1.165) is 25.9 Å². The molecule has 2 heterocycles. The number of aromatic amines is 1. The second-order valence-corrected chi connectivity index (χ2v) is 5.57. The van der Waals surface area contributed by atoms with Gasteiger partial charge in [-0.3, -0.25) is 9.69 Å². The fraction of sp³-hybridized carbons (Fsp3) is 0.471. The van der Waals surface area contributed by atoms with E-state index in [1.165, 1.54) is 29.3 Å². The van der Waals surface area contributed by atoms with Crippen molar-refractivity contribution in [3.05, 3.63) is 35.5 Å². The summed E-state index contributed by atoms with van der Waals surface area (Å²) in [6.45, 7) is 4.23. The number of fused-ring (bicyclic) bond motifs is 3. The van der Waals surface area contributed by atoms with Crippen molar-refractivity contribution in [3.63, 3.8) is 0 Å². The highest BCUT2D eigenvalue weighted by Crippen LogP contribution is 2.36. The summed E-state index contributed by atoms with van der Waals surface area (Å²) in [5.41, 5.74) is 3.90. The molecule has 112 valence electrons. The predicted molar refractivity (Wildman–Crippen MR) is 83.2 cm³/mol. The Bertz CT molecular complexity index is 647. The number of nitrogens with zero attached hydrogens (tertiary/aromatic N) is 1. The molecule has 1 N–H and O–H groups in total. The highest BCUT2D eigenvalue weighted by molar-refractivity contribution is 5.85. The number of H-pyrrole nitrogens is 1. The summed E-state index contributed by atoms with van der Waals surface area (Å²) < 4.78 is 4.79. The zero-order chi connectivity index (χ0) is 14.8. The molecule has 1 aliphatic rings. The fourth-order valence-corrected chi connectivity index (χ4v) is 3.43. The molecule has 4 heteroatoms. The Kier molecular flexibility index (Phi) is 3.97. The maximum atomic E-state index is 11.5. The summed E-state index contributed by atoms with van der Waals surface area (Å²) in [4.78, 5) is 17.5. The third kappa shape index (κ3) is 2.56. The lowest BCUT2D eigenvalue weighted by atomic mass is 9.94. The van der Waals surface area contributed by atoms with Crippen LogP contribution in [0, 0.1) is 0 Å². The second-order valence-electron chi connectivity index (χ2n) is 5.57. The maximum Gasteiger partial charge on any atom is 0.305 e. The fourth-order valence-electron chi connectivity index (χ4n) is 3.43. The third-order valence-electron chi connectivity index (χ3n) is 4.53. The van der Waals surface area contributed by atoms with Gasteiger partial charge in [0.1, 0.15) is 0 Å². The standard InChI is InChI=1S/C17H22N2O2/c1-3-19-11-10-13-12-6-4-5-7-14(12)18-17(13)15(19)8-9-16(20)21-2/h4-7,15,18H,3,8-11H2,1-2H3. The van der Waals surface area contributed by atoms with Crippen molar-refractivity contribution < 1.29 is 9.53 Å². The average molecular weight is 286 g/mol. The van der Waals surface area contributed by atoms with Crippen LogP contribution in [0.2, 0.25) is 0 Å². The van der Waals surface area contributed by atoms with Gasteiger partial charge in [0, 0.05) is 29.6 Å². The molecule has 1 aliphatic heterocycles. The van der Waals surface area contributed by atoms with E-state index < -0.39 is 0 Å². The van der Waals surface area contributed by atoms with Crippen molar-refractivity contribution in [1.29, 1.82) is 0 Å². The van der Waals surface area contributed by atoms with Gasteiger partial charge in [-0.15, -0.1) is 0 Å². The lowest BCUT2D eigenvalue weighted by Gasteiger charge is -2.35. The molecule has 1 unspecified atom stereocenters. The third-order valence-corrected chi connectivity index (χ3v) is 4.53. The second kappa shape index (κ2) is 5.90. The molecule has 3 rings (SSSR count). The quantitative estimate of drug-likeness (QED) is 0.879. The first-order chi connectivity index (χ1) is 10.2. The zero-order valence-corrected chi connectivity index (χ0v) is 12.7. The van der Waals surface area contributed by atoms with Gasteiger partial charge in [0.05, 0.1) is 13.2 Å². The van der Waals surface area contributed by atoms with Crippen molar-refractivity contribution in [1.82, 2.24) is 9.88 Å². The molecule has 0 saturated carbocycles. The van der Waals surface area contributed by atoms with Crippen LogP contribution >= 0.6 is 0 Å². The number of hydrogen-bond donors (Lipinski definition) is 1. The molecule has 21 heavy (non-hydrogen) atoms. The lowest BCUT2D eigenvalue weighted by Crippen LogP contribution is -2.35. The van der Waals surface area contributed by atoms with Gasteiger partial charge >= 0.3 is 5.97 Å². The molecule has 0 radical (unpaired) electrons. The number of methoxy groups -OCH3 is 1. The van der Waals surface area contributed by atoms with Crippen molar-refractivity contribution in [2.24, 2.45) is 0 Å². The van der Waals surface area contributed by atoms with E-state index in [4.69, 9.17) is 4.74 Å². The van der Waals surface area contributed by atoms with Crippen LogP contribution in [0.1, 0.15) is 37.1 Å². The average Bonchev–Trinajstić information content (AvgIpc) is 2.90. The number of aromatic nitrogens is 1. The van der Waals surface area contributed by atoms with Gasteiger partial charge in [-0.1, -0.05) is 25.1 Å². The van der Waals surface area contributed by atoms with Crippen LogP contribution < -0.4 is 0 Å². The molecular weight excluding hydrogens is 264 g/mol. The Morgan fingerprint density at radius 2 is 2.24 bits per heavy atom. The van der Waals surface area contributed by atoms with Gasteiger partial charge < -0.3 is 9.72 Å². The number of esters is 1. The van der Waals surface area contributed by atoms with E-state index in [2.05, 4.69) is 41.1 Å². The SMILES string of the molecule is CCN1CCc2c([nH]c3ccccc23)C1CCC(=O)OC. The lowest BCUT2D eigenvalue weighted by molar-refractivity contribution is -0.141. The minimum atomic E-state index is -0.130. The minimum Gasteiger partial charge on any atom is -0.469 e. The van der Waals surface area contributed by atoms with Gasteiger partial charge in [-0.25, -0.2) is 0 Å². The van der Waals surface area contributed by atoms with Crippen LogP contribution in [-0.2, 0) is 16.0 Å². The Balaban J connectivity index is 1.95. The smallest absolute Gasteiger partial charge is 0.305 e. The molecule has 4 nitrogen and oxygen atoms in total. The van der Waals surface area contributed by atoms with Crippen LogP contribution in [-0.4, -0.2) is 36.1 Å². The van der Waals surface area contributed by atoms with Crippen LogP contribution in [0.5, 0.6) is 0 Å². The first kappa shape index (κ1) is 14.1. The molecule has 0 aliphatic carbocycles. The van der Waals surface area contributed by atoms with Crippen LogP contribution in [0.15, 0.2) is 24.3 Å². The highest BCUT2D eigenvalue weighted by Gasteiger charge is 2.29. The van der Waals surface area contributed by atoms with Crippen LogP contribution in [0.25, 0.3) is 10.9 Å². The summed E-state index contributed by atoms with van der Waals surface area (Å²) in [7, 11) is 1.45. The molecule has 0 spiro atoms. The molecule has 0 saturated heterocycles. The molecule has 1 atom stereocenters. The molecule has 1 aromatic carbocycles. The molecule has 0 bridgehead atoms. The minimum absolute atomic E-state index is 0.130. The van der Waals surface area contributed by atoms with Gasteiger partial charge in [-0.05, 0) is 31.0 Å². The Morgan fingerprint density at radius 1 is 1.43 bits per heavy atom. The monoisotopic (exact) mass is 286 g/mol. The predicted octanol–water partition coefficient (Wildman–Crippen LogP) is 3.04. The summed E-state index contributed by atoms with van der Waals surface area (Å²) >= 11 is 0. The Hall–Kier alpha value is -1.81. The summed E-state index contributed by atoms with van der Waals surface area (Å²) in [5.74, 6) is -0.130. The van der Waals surface area contributed by atoms with Gasteiger partial charge in [-0.2, -0.15) is 0 Å². The summed E-state index contributed by atoms with van der Waals surface area (Å²) in [5, 5.41) is 1.33. The van der Waals surface area contributed by atoms with Gasteiger partial charge in [0.15, 0.2) is 0 Å². The number of likely N-dealkylation sites (N-methyl/N-ethyl adjacent to an activating group) is 1. The van der Waals surface area contributed by atoms with Gasteiger partial charge in [0.25, 0.3) is 0 Å². The Labute approximate surface area is 125 Å². The summed E-state index contributed by atoms with van der Waals surface area (Å²) in [6, 6.07) is 8.74. The topological polar surface area (TPSA) is 45.3 Å². The van der Waals surface area contributed by atoms with Crippen LogP contribution in [0.3, 0.4) is 0 Å². The van der Waals surface area contributed by atoms with E-state index in [1.807, 2.05) is 0 Å². The Morgan fingerprint density at radius 3 is 3.00 bits per heavy atom. The number of benzene rings is 1. The number of carbonyl (C=O) groups excluding carboxylic acids is 1. The van der Waals surface area contributed by atoms with Crippen molar-refractivity contribution >= 4 is 16.9 Å². The number of carbonyl (C=O) groups is 1. The van der Waals surface area contributed by atoms with E-state index in [-0.39, 0.29) is 12.0 Å². The normalized spacial score (nSPS) is 18.7. The van der Waals surface area contributed by atoms with Crippen molar-refractivity contribution in [2.75, 3.05) is 20.2 Å². The number of rotatable bonds is 4. The van der Waals surface area contributed by atoms with E-state index in [0.29, 0.717) is 6.42 Å². The van der Waals surface area contributed by atoms with E-state index >= 15 is 0 Å². The molecule has 0 fully saturated rings. The first-order valence-electron chi connectivity index (χ1n) is 7.65. The number of hydrogen-bond acceptors (Lipinski definition) is 3. The molecular formula is C17H22N2O2.